The van der Waals surface area contributed by atoms with Crippen LogP contribution in [0.25, 0.3) is 11.3 Å². The summed E-state index contributed by atoms with van der Waals surface area (Å²) in [4.78, 5) is 11.1. The first-order valence-electron chi connectivity index (χ1n) is 9.15. The molecule has 2 heterocycles. The number of amides is 1. The smallest absolute Gasteiger partial charge is 0.246 e. The van der Waals surface area contributed by atoms with Crippen LogP contribution in [0.2, 0.25) is 10.0 Å². The fourth-order valence-corrected chi connectivity index (χ4v) is 5.99. The lowest BCUT2D eigenvalue weighted by Crippen LogP contribution is -2.36. The Labute approximate surface area is 184 Å². The normalized spacial score (nSPS) is 14.4. The minimum Gasteiger partial charge on any atom is -0.326 e. The second-order valence-corrected chi connectivity index (χ2v) is 9.62. The zero-order valence-electron chi connectivity index (χ0n) is 15.9. The van der Waals surface area contributed by atoms with Crippen LogP contribution in [-0.4, -0.2) is 35.4 Å². The lowest BCUT2D eigenvalue weighted by molar-refractivity contribution is -0.114. The Kier molecular flexibility index (Phi) is 5.59. The van der Waals surface area contributed by atoms with Gasteiger partial charge in [0.2, 0.25) is 15.9 Å². The van der Waals surface area contributed by atoms with Crippen molar-refractivity contribution in [3.8, 4) is 11.3 Å². The van der Waals surface area contributed by atoms with Crippen LogP contribution < -0.4 is 5.32 Å². The highest BCUT2D eigenvalue weighted by Gasteiger charge is 2.33. The molecule has 2 aromatic carbocycles. The Morgan fingerprint density at radius 3 is 2.43 bits per heavy atom. The molecular weight excluding hydrogens is 447 g/mol. The molecule has 0 atom stereocenters. The third-order valence-corrected chi connectivity index (χ3v) is 7.70. The number of nitrogens with zero attached hydrogens (tertiary/aromatic N) is 2. The van der Waals surface area contributed by atoms with E-state index >= 15 is 0 Å². The molecule has 0 fully saturated rings. The zero-order chi connectivity index (χ0) is 21.5. The Bertz CT molecular complexity index is 1200. The second kappa shape index (κ2) is 8.03. The van der Waals surface area contributed by atoms with Gasteiger partial charge in [-0.15, -0.1) is 0 Å². The number of fused-ring (bicyclic) bond motifs is 1. The number of benzene rings is 2. The summed E-state index contributed by atoms with van der Waals surface area (Å²) in [5.41, 5.74) is 3.86. The van der Waals surface area contributed by atoms with Crippen molar-refractivity contribution < 1.29 is 13.2 Å². The number of H-pyrrole nitrogens is 1. The number of hydrogen-bond donors (Lipinski definition) is 2. The minimum absolute atomic E-state index is 0.0820. The molecule has 1 aliphatic rings. The highest BCUT2D eigenvalue weighted by molar-refractivity contribution is 7.89. The van der Waals surface area contributed by atoms with E-state index in [9.17, 15) is 13.2 Å². The van der Waals surface area contributed by atoms with Crippen LogP contribution >= 0.6 is 23.2 Å². The van der Waals surface area contributed by atoms with Crippen LogP contribution in [0.4, 0.5) is 5.69 Å². The fraction of sp³-hybridized carbons (Fsp3) is 0.200. The molecule has 1 aromatic heterocycles. The molecule has 0 aliphatic carbocycles. The zero-order valence-corrected chi connectivity index (χ0v) is 18.3. The fourth-order valence-electron chi connectivity index (χ4n) is 3.49. The highest BCUT2D eigenvalue weighted by atomic mass is 35.5. The van der Waals surface area contributed by atoms with Crippen LogP contribution in [0.5, 0.6) is 0 Å². The van der Waals surface area contributed by atoms with Crippen LogP contribution in [0.1, 0.15) is 18.2 Å². The minimum atomic E-state index is -3.88. The number of halogens is 2. The van der Waals surface area contributed by atoms with Crippen molar-refractivity contribution in [3.05, 3.63) is 63.8 Å². The second-order valence-electron chi connectivity index (χ2n) is 6.93. The number of hydrogen-bond acceptors (Lipinski definition) is 4. The number of nitrogens with one attached hydrogen (secondary N) is 2. The van der Waals surface area contributed by atoms with Crippen molar-refractivity contribution in [2.75, 3.05) is 11.9 Å². The van der Waals surface area contributed by atoms with E-state index in [1.165, 1.54) is 23.4 Å². The molecule has 0 saturated carbocycles. The monoisotopic (exact) mass is 464 g/mol. The van der Waals surface area contributed by atoms with Crippen LogP contribution in [-0.2, 0) is 27.8 Å². The molecule has 3 aromatic rings. The number of anilines is 1. The van der Waals surface area contributed by atoms with Gasteiger partial charge < -0.3 is 5.32 Å². The number of sulfonamides is 1. The molecule has 2 N–H and O–H groups in total. The standard InChI is InChI=1S/C20H18Cl2N4O3S/c1-12(27)23-14-7-5-13(6-8-14)19-15-11-26(10-9-18(15)24-25-19)30(28,29)20-16(21)3-2-4-17(20)22/h2-8H,9-11H2,1H3,(H,23,27)(H,24,25). The summed E-state index contributed by atoms with van der Waals surface area (Å²) in [5, 5.41) is 10.3. The van der Waals surface area contributed by atoms with Crippen molar-refractivity contribution in [1.82, 2.24) is 14.5 Å². The Hall–Kier alpha value is -2.39. The Morgan fingerprint density at radius 2 is 1.80 bits per heavy atom. The quantitative estimate of drug-likeness (QED) is 0.607. The molecule has 0 radical (unpaired) electrons. The van der Waals surface area contributed by atoms with E-state index < -0.39 is 10.0 Å². The van der Waals surface area contributed by atoms with Gasteiger partial charge in [-0.2, -0.15) is 9.40 Å². The maximum Gasteiger partial charge on any atom is 0.246 e. The van der Waals surface area contributed by atoms with Gasteiger partial charge in [0, 0.05) is 48.9 Å². The third kappa shape index (κ3) is 3.83. The molecule has 30 heavy (non-hydrogen) atoms. The van der Waals surface area contributed by atoms with Crippen LogP contribution in [0.3, 0.4) is 0 Å². The van der Waals surface area contributed by atoms with Gasteiger partial charge in [-0.1, -0.05) is 41.4 Å². The lowest BCUT2D eigenvalue weighted by Gasteiger charge is -2.27. The van der Waals surface area contributed by atoms with Gasteiger partial charge in [0.25, 0.3) is 0 Å². The first-order valence-corrected chi connectivity index (χ1v) is 11.4. The van der Waals surface area contributed by atoms with E-state index in [-0.39, 0.29) is 27.4 Å². The van der Waals surface area contributed by atoms with E-state index in [0.717, 1.165) is 16.8 Å². The summed E-state index contributed by atoms with van der Waals surface area (Å²) in [6, 6.07) is 11.8. The molecular formula is C20H18Cl2N4O3S. The van der Waals surface area contributed by atoms with Gasteiger partial charge in [-0.25, -0.2) is 8.42 Å². The van der Waals surface area contributed by atoms with Crippen molar-refractivity contribution in [3.63, 3.8) is 0 Å². The maximum absolute atomic E-state index is 13.2. The first kappa shape index (κ1) is 20.9. The lowest BCUT2D eigenvalue weighted by atomic mass is 10.0. The molecule has 0 spiro atoms. The van der Waals surface area contributed by atoms with Crippen LogP contribution in [0, 0.1) is 0 Å². The number of carbonyl (C=O) groups excluding carboxylic acids is 1. The summed E-state index contributed by atoms with van der Waals surface area (Å²) in [6.07, 6.45) is 0.494. The first-order chi connectivity index (χ1) is 14.3. The van der Waals surface area contributed by atoms with E-state index in [1.54, 1.807) is 18.2 Å². The van der Waals surface area contributed by atoms with Gasteiger partial charge in [0.1, 0.15) is 4.90 Å². The van der Waals surface area contributed by atoms with E-state index in [0.29, 0.717) is 24.3 Å². The Morgan fingerprint density at radius 1 is 1.13 bits per heavy atom. The van der Waals surface area contributed by atoms with Crippen molar-refractivity contribution in [1.29, 1.82) is 0 Å². The predicted molar refractivity (Wildman–Crippen MR) is 116 cm³/mol. The number of rotatable bonds is 4. The summed E-state index contributed by atoms with van der Waals surface area (Å²) in [6.45, 7) is 1.89. The third-order valence-electron chi connectivity index (χ3n) is 4.89. The van der Waals surface area contributed by atoms with Crippen molar-refractivity contribution in [2.24, 2.45) is 0 Å². The molecule has 0 bridgehead atoms. The molecule has 0 saturated heterocycles. The van der Waals surface area contributed by atoms with E-state index in [4.69, 9.17) is 23.2 Å². The van der Waals surface area contributed by atoms with Gasteiger partial charge >= 0.3 is 0 Å². The van der Waals surface area contributed by atoms with Crippen molar-refractivity contribution in [2.45, 2.75) is 24.8 Å². The average Bonchev–Trinajstić information content (AvgIpc) is 3.11. The van der Waals surface area contributed by atoms with Gasteiger partial charge in [0.05, 0.1) is 15.7 Å². The topological polar surface area (TPSA) is 95.2 Å². The molecule has 4 rings (SSSR count). The van der Waals surface area contributed by atoms with Gasteiger partial charge in [-0.3, -0.25) is 9.89 Å². The SMILES string of the molecule is CC(=O)Nc1ccc(-c2n[nH]c3c2CN(S(=O)(=O)c2c(Cl)cccc2Cl)CC3)cc1. The number of aromatic amines is 1. The summed E-state index contributed by atoms with van der Waals surface area (Å²) < 4.78 is 27.9. The largest absolute Gasteiger partial charge is 0.326 e. The van der Waals surface area contributed by atoms with E-state index in [2.05, 4.69) is 15.5 Å². The van der Waals surface area contributed by atoms with Crippen molar-refractivity contribution >= 4 is 44.8 Å². The van der Waals surface area contributed by atoms with Gasteiger partial charge in [-0.05, 0) is 24.3 Å². The maximum atomic E-state index is 13.2. The number of carbonyl (C=O) groups is 1. The molecule has 1 amide bonds. The number of aromatic nitrogens is 2. The molecule has 7 nitrogen and oxygen atoms in total. The molecule has 10 heteroatoms. The highest BCUT2D eigenvalue weighted by Crippen LogP contribution is 2.35. The summed E-state index contributed by atoms with van der Waals surface area (Å²) >= 11 is 12.3. The Balaban J connectivity index is 1.66. The molecule has 156 valence electrons. The summed E-state index contributed by atoms with van der Waals surface area (Å²) in [5.74, 6) is -0.154. The molecule has 0 unspecified atom stereocenters. The predicted octanol–water partition coefficient (Wildman–Crippen LogP) is 4.09. The molecule has 1 aliphatic heterocycles. The van der Waals surface area contributed by atoms with Gasteiger partial charge in [0.15, 0.2) is 0 Å². The average molecular weight is 465 g/mol. The van der Waals surface area contributed by atoms with Crippen LogP contribution in [0.15, 0.2) is 47.4 Å². The van der Waals surface area contributed by atoms with E-state index in [1.807, 2.05) is 12.1 Å². The summed E-state index contributed by atoms with van der Waals surface area (Å²) in [7, 11) is -3.88.